The Bertz CT molecular complexity index is 907. The van der Waals surface area contributed by atoms with Crippen molar-refractivity contribution >= 4 is 16.9 Å². The normalized spacial score (nSPS) is 15.2. The van der Waals surface area contributed by atoms with Crippen LogP contribution in [0, 0.1) is 0 Å². The number of methoxy groups -OCH3 is 1. The summed E-state index contributed by atoms with van der Waals surface area (Å²) in [5, 5.41) is 0.204. The Labute approximate surface area is 144 Å². The van der Waals surface area contributed by atoms with Crippen molar-refractivity contribution < 1.29 is 9.53 Å². The maximum absolute atomic E-state index is 12.8. The van der Waals surface area contributed by atoms with E-state index in [0.717, 1.165) is 30.3 Å². The first kappa shape index (κ1) is 17.2. The van der Waals surface area contributed by atoms with E-state index in [4.69, 9.17) is 4.74 Å². The first-order chi connectivity index (χ1) is 12.0. The number of carbonyl (C=O) groups is 1. The standard InChI is InChI=1S/C17H22N4O4/c1-19-15-14(12(25-2)7-8-18-15)16(23)21(17(19)24)11-13(22)20-9-5-3-4-6-10-20/h7-8H,3-6,9-11H2,1-2H3. The van der Waals surface area contributed by atoms with Gasteiger partial charge in [-0.3, -0.25) is 14.2 Å². The largest absolute Gasteiger partial charge is 0.496 e. The minimum absolute atomic E-state index is 0.204. The molecule has 1 fully saturated rings. The summed E-state index contributed by atoms with van der Waals surface area (Å²) in [6.07, 6.45) is 5.59. The molecule has 0 radical (unpaired) electrons. The molecule has 0 spiro atoms. The van der Waals surface area contributed by atoms with Gasteiger partial charge in [0.15, 0.2) is 5.65 Å². The minimum Gasteiger partial charge on any atom is -0.496 e. The van der Waals surface area contributed by atoms with Crippen LogP contribution in [0.3, 0.4) is 0 Å². The van der Waals surface area contributed by atoms with Crippen LogP contribution < -0.4 is 16.0 Å². The van der Waals surface area contributed by atoms with Crippen molar-refractivity contribution in [2.24, 2.45) is 7.05 Å². The molecule has 0 aliphatic carbocycles. The van der Waals surface area contributed by atoms with Crippen LogP contribution in [0.4, 0.5) is 0 Å². The third-order valence-corrected chi connectivity index (χ3v) is 4.66. The molecule has 1 aliphatic heterocycles. The fraction of sp³-hybridized carbons (Fsp3) is 0.529. The van der Waals surface area contributed by atoms with E-state index in [0.29, 0.717) is 18.8 Å². The van der Waals surface area contributed by atoms with Gasteiger partial charge in [-0.2, -0.15) is 0 Å². The number of aryl methyl sites for hydroxylation is 1. The Hall–Kier alpha value is -2.64. The number of ether oxygens (including phenoxy) is 1. The zero-order chi connectivity index (χ0) is 18.0. The van der Waals surface area contributed by atoms with Gasteiger partial charge in [0.05, 0.1) is 7.11 Å². The topological polar surface area (TPSA) is 86.4 Å². The zero-order valence-corrected chi connectivity index (χ0v) is 14.5. The van der Waals surface area contributed by atoms with Crippen molar-refractivity contribution in [1.82, 2.24) is 19.0 Å². The second-order valence-electron chi connectivity index (χ2n) is 6.24. The summed E-state index contributed by atoms with van der Waals surface area (Å²) in [5.41, 5.74) is -0.861. The molecule has 1 amide bonds. The molecular weight excluding hydrogens is 324 g/mol. The number of nitrogens with zero attached hydrogens (tertiary/aromatic N) is 4. The van der Waals surface area contributed by atoms with E-state index in [-0.39, 0.29) is 23.5 Å². The quantitative estimate of drug-likeness (QED) is 0.808. The van der Waals surface area contributed by atoms with Crippen LogP contribution >= 0.6 is 0 Å². The number of fused-ring (bicyclic) bond motifs is 1. The molecule has 134 valence electrons. The molecule has 3 heterocycles. The zero-order valence-electron chi connectivity index (χ0n) is 14.5. The van der Waals surface area contributed by atoms with Crippen molar-refractivity contribution in [2.75, 3.05) is 20.2 Å². The van der Waals surface area contributed by atoms with E-state index in [1.54, 1.807) is 11.0 Å². The van der Waals surface area contributed by atoms with Crippen LogP contribution in [0.25, 0.3) is 11.0 Å². The number of aromatic nitrogens is 3. The molecule has 0 bridgehead atoms. The maximum atomic E-state index is 12.8. The molecule has 1 aliphatic rings. The Morgan fingerprint density at radius 1 is 1.20 bits per heavy atom. The molecule has 8 heteroatoms. The molecule has 0 aromatic carbocycles. The fourth-order valence-corrected chi connectivity index (χ4v) is 3.25. The van der Waals surface area contributed by atoms with Crippen LogP contribution in [0.2, 0.25) is 0 Å². The second-order valence-corrected chi connectivity index (χ2v) is 6.24. The molecule has 0 saturated carbocycles. The average molecular weight is 346 g/mol. The van der Waals surface area contributed by atoms with Crippen LogP contribution in [0.1, 0.15) is 25.7 Å². The summed E-state index contributed by atoms with van der Waals surface area (Å²) in [4.78, 5) is 43.8. The molecule has 0 atom stereocenters. The summed E-state index contributed by atoms with van der Waals surface area (Å²) in [7, 11) is 2.98. The third kappa shape index (κ3) is 3.16. The number of rotatable bonds is 3. The Balaban J connectivity index is 2.05. The molecule has 2 aromatic heterocycles. The Morgan fingerprint density at radius 3 is 2.52 bits per heavy atom. The Morgan fingerprint density at radius 2 is 1.88 bits per heavy atom. The molecule has 0 unspecified atom stereocenters. The van der Waals surface area contributed by atoms with Crippen LogP contribution in [-0.4, -0.2) is 45.1 Å². The predicted octanol–water partition coefficient (Wildman–Crippen LogP) is 0.506. The lowest BCUT2D eigenvalue weighted by molar-refractivity contribution is -0.131. The first-order valence-electron chi connectivity index (χ1n) is 8.45. The van der Waals surface area contributed by atoms with Crippen LogP contribution in [0.15, 0.2) is 21.9 Å². The lowest BCUT2D eigenvalue weighted by Gasteiger charge is -2.21. The van der Waals surface area contributed by atoms with Crippen molar-refractivity contribution in [3.8, 4) is 5.75 Å². The van der Waals surface area contributed by atoms with Gasteiger partial charge in [-0.05, 0) is 18.9 Å². The van der Waals surface area contributed by atoms with Crippen LogP contribution in [0.5, 0.6) is 5.75 Å². The summed E-state index contributed by atoms with van der Waals surface area (Å²) in [5.74, 6) is 0.130. The Kier molecular flexibility index (Phi) is 4.87. The minimum atomic E-state index is -0.554. The highest BCUT2D eigenvalue weighted by Gasteiger charge is 2.21. The van der Waals surface area contributed by atoms with Gasteiger partial charge in [0.1, 0.15) is 17.7 Å². The highest BCUT2D eigenvalue weighted by atomic mass is 16.5. The van der Waals surface area contributed by atoms with Gasteiger partial charge in [-0.15, -0.1) is 0 Å². The number of amides is 1. The van der Waals surface area contributed by atoms with Crippen molar-refractivity contribution in [2.45, 2.75) is 32.2 Å². The SMILES string of the molecule is COc1ccnc2c1c(=O)n(CC(=O)N1CCCCCC1)c(=O)n2C. The smallest absolute Gasteiger partial charge is 0.332 e. The van der Waals surface area contributed by atoms with E-state index in [1.807, 2.05) is 0 Å². The summed E-state index contributed by atoms with van der Waals surface area (Å²) >= 11 is 0. The van der Waals surface area contributed by atoms with E-state index in [2.05, 4.69) is 4.98 Å². The number of hydrogen-bond donors (Lipinski definition) is 0. The first-order valence-corrected chi connectivity index (χ1v) is 8.45. The monoisotopic (exact) mass is 346 g/mol. The van der Waals surface area contributed by atoms with Gasteiger partial charge in [-0.1, -0.05) is 12.8 Å². The average Bonchev–Trinajstić information content (AvgIpc) is 2.92. The van der Waals surface area contributed by atoms with E-state index in [1.165, 1.54) is 24.9 Å². The third-order valence-electron chi connectivity index (χ3n) is 4.66. The molecule has 3 rings (SSSR count). The highest BCUT2D eigenvalue weighted by molar-refractivity contribution is 5.82. The van der Waals surface area contributed by atoms with Crippen LogP contribution in [-0.2, 0) is 18.4 Å². The number of carbonyl (C=O) groups excluding carboxylic acids is 1. The van der Waals surface area contributed by atoms with Crippen molar-refractivity contribution in [1.29, 1.82) is 0 Å². The van der Waals surface area contributed by atoms with E-state index < -0.39 is 11.2 Å². The molecule has 2 aromatic rings. The van der Waals surface area contributed by atoms with Gasteiger partial charge in [0.2, 0.25) is 5.91 Å². The molecule has 8 nitrogen and oxygen atoms in total. The maximum Gasteiger partial charge on any atom is 0.332 e. The molecule has 0 N–H and O–H groups in total. The van der Waals surface area contributed by atoms with E-state index in [9.17, 15) is 14.4 Å². The number of hydrogen-bond acceptors (Lipinski definition) is 5. The number of pyridine rings is 1. The summed E-state index contributed by atoms with van der Waals surface area (Å²) in [6, 6.07) is 1.56. The van der Waals surface area contributed by atoms with Crippen molar-refractivity contribution in [3.05, 3.63) is 33.1 Å². The number of likely N-dealkylation sites (tertiary alicyclic amines) is 1. The van der Waals surface area contributed by atoms with Gasteiger partial charge >= 0.3 is 5.69 Å². The van der Waals surface area contributed by atoms with Gasteiger partial charge in [0.25, 0.3) is 5.56 Å². The summed E-state index contributed by atoms with van der Waals surface area (Å²) < 4.78 is 7.48. The predicted molar refractivity (Wildman–Crippen MR) is 92.8 cm³/mol. The van der Waals surface area contributed by atoms with Gasteiger partial charge < -0.3 is 9.64 Å². The highest BCUT2D eigenvalue weighted by Crippen LogP contribution is 2.18. The van der Waals surface area contributed by atoms with Crippen molar-refractivity contribution in [3.63, 3.8) is 0 Å². The molecule has 25 heavy (non-hydrogen) atoms. The lowest BCUT2D eigenvalue weighted by Crippen LogP contribution is -2.44. The van der Waals surface area contributed by atoms with Gasteiger partial charge in [-0.25, -0.2) is 14.3 Å². The fourth-order valence-electron chi connectivity index (χ4n) is 3.25. The summed E-state index contributed by atoms with van der Waals surface area (Å²) in [6.45, 7) is 1.08. The van der Waals surface area contributed by atoms with E-state index >= 15 is 0 Å². The molecular formula is C17H22N4O4. The molecule has 1 saturated heterocycles. The second kappa shape index (κ2) is 7.08. The van der Waals surface area contributed by atoms with Gasteiger partial charge in [0, 0.05) is 26.3 Å². The lowest BCUT2D eigenvalue weighted by atomic mass is 10.2.